The summed E-state index contributed by atoms with van der Waals surface area (Å²) in [6.45, 7) is 0.808. The lowest BCUT2D eigenvalue weighted by Crippen LogP contribution is -2.10. The molecule has 0 saturated carbocycles. The standard InChI is InChI=1S/C12H13Cl2N3O2/c1-19-6-5-17-10(7-18)15-16-12(17)8-3-2-4-9(13)11(8)14/h2-4,18H,5-7H2,1H3. The van der Waals surface area contributed by atoms with Crippen LogP contribution in [0, 0.1) is 0 Å². The summed E-state index contributed by atoms with van der Waals surface area (Å²) in [5.74, 6) is 1.02. The Bertz CT molecular complexity index is 572. The Morgan fingerprint density at radius 3 is 2.79 bits per heavy atom. The van der Waals surface area contributed by atoms with Crippen LogP contribution in [0.15, 0.2) is 18.2 Å². The van der Waals surface area contributed by atoms with Gasteiger partial charge in [0.2, 0.25) is 0 Å². The molecule has 0 aliphatic heterocycles. The Morgan fingerprint density at radius 1 is 1.32 bits per heavy atom. The molecule has 7 heteroatoms. The summed E-state index contributed by atoms with van der Waals surface area (Å²) in [4.78, 5) is 0. The average Bonchev–Trinajstić information content (AvgIpc) is 2.82. The summed E-state index contributed by atoms with van der Waals surface area (Å²) >= 11 is 12.2. The van der Waals surface area contributed by atoms with Crippen molar-refractivity contribution in [3.05, 3.63) is 34.1 Å². The zero-order valence-electron chi connectivity index (χ0n) is 10.3. The SMILES string of the molecule is COCCn1c(CO)nnc1-c1cccc(Cl)c1Cl. The molecule has 0 bridgehead atoms. The Balaban J connectivity index is 2.49. The Labute approximate surface area is 120 Å². The molecule has 0 saturated heterocycles. The number of nitrogens with zero attached hydrogens (tertiary/aromatic N) is 3. The highest BCUT2D eigenvalue weighted by atomic mass is 35.5. The zero-order valence-corrected chi connectivity index (χ0v) is 11.8. The fourth-order valence-electron chi connectivity index (χ4n) is 1.75. The van der Waals surface area contributed by atoms with E-state index in [4.69, 9.17) is 27.9 Å². The van der Waals surface area contributed by atoms with Gasteiger partial charge in [0.05, 0.1) is 16.7 Å². The van der Waals surface area contributed by atoms with Crippen LogP contribution in [0.5, 0.6) is 0 Å². The second-order valence-corrected chi connectivity index (χ2v) is 4.63. The monoisotopic (exact) mass is 301 g/mol. The number of hydrogen-bond acceptors (Lipinski definition) is 4. The molecule has 102 valence electrons. The maximum Gasteiger partial charge on any atom is 0.165 e. The van der Waals surface area contributed by atoms with Gasteiger partial charge in [-0.15, -0.1) is 10.2 Å². The van der Waals surface area contributed by atoms with Crippen molar-refractivity contribution in [2.75, 3.05) is 13.7 Å². The lowest BCUT2D eigenvalue weighted by Gasteiger charge is -2.10. The predicted molar refractivity (Wildman–Crippen MR) is 73.3 cm³/mol. The third-order valence-electron chi connectivity index (χ3n) is 2.68. The number of ether oxygens (including phenoxy) is 1. The maximum atomic E-state index is 9.28. The Kier molecular flexibility index (Phi) is 4.76. The van der Waals surface area contributed by atoms with Crippen LogP contribution >= 0.6 is 23.2 Å². The lowest BCUT2D eigenvalue weighted by molar-refractivity contribution is 0.183. The van der Waals surface area contributed by atoms with E-state index in [-0.39, 0.29) is 6.61 Å². The normalized spacial score (nSPS) is 10.9. The molecule has 1 N–H and O–H groups in total. The van der Waals surface area contributed by atoms with E-state index >= 15 is 0 Å². The molecule has 2 rings (SSSR count). The highest BCUT2D eigenvalue weighted by Crippen LogP contribution is 2.32. The minimum atomic E-state index is -0.200. The molecular formula is C12H13Cl2N3O2. The van der Waals surface area contributed by atoms with Gasteiger partial charge >= 0.3 is 0 Å². The molecule has 0 amide bonds. The number of rotatable bonds is 5. The summed E-state index contributed by atoms with van der Waals surface area (Å²) < 4.78 is 6.81. The molecule has 0 aliphatic rings. The van der Waals surface area contributed by atoms with Gasteiger partial charge in [0, 0.05) is 19.2 Å². The van der Waals surface area contributed by atoms with Crippen LogP contribution in [0.4, 0.5) is 0 Å². The van der Waals surface area contributed by atoms with E-state index in [9.17, 15) is 5.11 Å². The molecule has 2 aromatic rings. The van der Waals surface area contributed by atoms with Crippen LogP contribution in [0.2, 0.25) is 10.0 Å². The molecule has 5 nitrogen and oxygen atoms in total. The molecule has 1 heterocycles. The first kappa shape index (κ1) is 14.3. The van der Waals surface area contributed by atoms with Gasteiger partial charge in [-0.3, -0.25) is 0 Å². The molecule has 0 spiro atoms. The number of aliphatic hydroxyl groups excluding tert-OH is 1. The molecule has 0 fully saturated rings. The number of halogens is 2. The molecular weight excluding hydrogens is 289 g/mol. The van der Waals surface area contributed by atoms with E-state index in [0.29, 0.717) is 40.4 Å². The molecule has 1 aromatic carbocycles. The predicted octanol–water partition coefficient (Wildman–Crippen LogP) is 2.39. The van der Waals surface area contributed by atoms with Crippen LogP contribution < -0.4 is 0 Å². The first-order valence-electron chi connectivity index (χ1n) is 5.65. The maximum absolute atomic E-state index is 9.28. The van der Waals surface area contributed by atoms with Crippen LogP contribution in [0.3, 0.4) is 0 Å². The van der Waals surface area contributed by atoms with Gasteiger partial charge in [0.15, 0.2) is 11.6 Å². The van der Waals surface area contributed by atoms with Gasteiger partial charge in [-0.05, 0) is 12.1 Å². The van der Waals surface area contributed by atoms with Crippen LogP contribution in [-0.2, 0) is 17.9 Å². The third kappa shape index (κ3) is 2.90. The first-order valence-corrected chi connectivity index (χ1v) is 6.41. The second kappa shape index (κ2) is 6.34. The molecule has 0 unspecified atom stereocenters. The van der Waals surface area contributed by atoms with E-state index in [2.05, 4.69) is 10.2 Å². The van der Waals surface area contributed by atoms with Crippen molar-refractivity contribution in [3.8, 4) is 11.4 Å². The smallest absolute Gasteiger partial charge is 0.165 e. The summed E-state index contributed by atoms with van der Waals surface area (Å²) in [5, 5.41) is 18.2. The second-order valence-electron chi connectivity index (χ2n) is 3.84. The van der Waals surface area contributed by atoms with Gasteiger partial charge in [0.1, 0.15) is 6.61 Å². The highest BCUT2D eigenvalue weighted by Gasteiger charge is 2.16. The topological polar surface area (TPSA) is 60.2 Å². The summed E-state index contributed by atoms with van der Waals surface area (Å²) in [6, 6.07) is 5.30. The largest absolute Gasteiger partial charge is 0.388 e. The summed E-state index contributed by atoms with van der Waals surface area (Å²) in [6.07, 6.45) is 0. The van der Waals surface area contributed by atoms with Gasteiger partial charge in [-0.1, -0.05) is 29.3 Å². The number of methoxy groups -OCH3 is 1. The third-order valence-corrected chi connectivity index (χ3v) is 3.50. The average molecular weight is 302 g/mol. The van der Waals surface area contributed by atoms with E-state index in [1.807, 2.05) is 6.07 Å². The van der Waals surface area contributed by atoms with Crippen molar-refractivity contribution in [1.29, 1.82) is 0 Å². The van der Waals surface area contributed by atoms with Gasteiger partial charge < -0.3 is 14.4 Å². The van der Waals surface area contributed by atoms with E-state index in [1.54, 1.807) is 23.8 Å². The quantitative estimate of drug-likeness (QED) is 0.921. The zero-order chi connectivity index (χ0) is 13.8. The first-order chi connectivity index (χ1) is 9.19. The van der Waals surface area contributed by atoms with Crippen LogP contribution in [0.25, 0.3) is 11.4 Å². The number of aliphatic hydroxyl groups is 1. The highest BCUT2D eigenvalue weighted by molar-refractivity contribution is 6.43. The van der Waals surface area contributed by atoms with Crippen LogP contribution in [0.1, 0.15) is 5.82 Å². The van der Waals surface area contributed by atoms with E-state index in [1.165, 1.54) is 0 Å². The van der Waals surface area contributed by atoms with Crippen molar-refractivity contribution in [2.24, 2.45) is 0 Å². The van der Waals surface area contributed by atoms with Crippen molar-refractivity contribution in [2.45, 2.75) is 13.2 Å². The minimum absolute atomic E-state index is 0.200. The van der Waals surface area contributed by atoms with E-state index in [0.717, 1.165) is 0 Å². The van der Waals surface area contributed by atoms with Crippen LogP contribution in [-0.4, -0.2) is 33.6 Å². The molecule has 1 aromatic heterocycles. The van der Waals surface area contributed by atoms with Gasteiger partial charge in [0.25, 0.3) is 0 Å². The van der Waals surface area contributed by atoms with Gasteiger partial charge in [-0.25, -0.2) is 0 Å². The fraction of sp³-hybridized carbons (Fsp3) is 0.333. The minimum Gasteiger partial charge on any atom is -0.388 e. The summed E-state index contributed by atoms with van der Waals surface area (Å²) in [5.41, 5.74) is 0.678. The Morgan fingerprint density at radius 2 is 2.11 bits per heavy atom. The van der Waals surface area contributed by atoms with Crippen molar-refractivity contribution in [3.63, 3.8) is 0 Å². The van der Waals surface area contributed by atoms with E-state index < -0.39 is 0 Å². The lowest BCUT2D eigenvalue weighted by atomic mass is 10.2. The van der Waals surface area contributed by atoms with Gasteiger partial charge in [-0.2, -0.15) is 0 Å². The number of aromatic nitrogens is 3. The molecule has 19 heavy (non-hydrogen) atoms. The molecule has 0 atom stereocenters. The fourth-order valence-corrected chi connectivity index (χ4v) is 2.13. The number of benzene rings is 1. The number of hydrogen-bond donors (Lipinski definition) is 1. The van der Waals surface area contributed by atoms with Crippen molar-refractivity contribution in [1.82, 2.24) is 14.8 Å². The Hall–Kier alpha value is -1.14. The summed E-state index contributed by atoms with van der Waals surface area (Å²) in [7, 11) is 1.61. The van der Waals surface area contributed by atoms with Crippen molar-refractivity contribution >= 4 is 23.2 Å². The molecule has 0 aliphatic carbocycles. The molecule has 0 radical (unpaired) electrons. The van der Waals surface area contributed by atoms with Crippen molar-refractivity contribution < 1.29 is 9.84 Å².